The van der Waals surface area contributed by atoms with Crippen LogP contribution in [0.4, 0.5) is 10.1 Å². The molecule has 0 aliphatic rings. The molecule has 0 aromatic heterocycles. The lowest BCUT2D eigenvalue weighted by molar-refractivity contribution is -0.119. The van der Waals surface area contributed by atoms with Crippen molar-refractivity contribution >= 4 is 11.6 Å². The Labute approximate surface area is 136 Å². The van der Waals surface area contributed by atoms with Crippen molar-refractivity contribution in [1.82, 2.24) is 0 Å². The summed E-state index contributed by atoms with van der Waals surface area (Å²) in [6.07, 6.45) is 0.420. The van der Waals surface area contributed by atoms with E-state index in [-0.39, 0.29) is 17.6 Å². The third-order valence-corrected chi connectivity index (χ3v) is 3.92. The molecular formula is C19H22FNO2. The van der Waals surface area contributed by atoms with Gasteiger partial charge < -0.3 is 10.4 Å². The van der Waals surface area contributed by atoms with E-state index in [4.69, 9.17) is 0 Å². The average Bonchev–Trinajstić information content (AvgIpc) is 2.54. The third kappa shape index (κ3) is 4.63. The first kappa shape index (κ1) is 17.2. The zero-order valence-corrected chi connectivity index (χ0v) is 13.4. The van der Waals surface area contributed by atoms with Crippen LogP contribution in [0.3, 0.4) is 0 Å². The lowest BCUT2D eigenvalue weighted by Crippen LogP contribution is -2.22. The average molecular weight is 315 g/mol. The summed E-state index contributed by atoms with van der Waals surface area (Å²) in [5, 5.41) is 12.6. The van der Waals surface area contributed by atoms with Crippen LogP contribution in [-0.2, 0) is 11.2 Å². The summed E-state index contributed by atoms with van der Waals surface area (Å²) < 4.78 is 13.6. The summed E-state index contributed by atoms with van der Waals surface area (Å²) in [5.74, 6) is -0.620. The van der Waals surface area contributed by atoms with E-state index < -0.39 is 6.10 Å². The molecule has 2 aromatic carbocycles. The third-order valence-electron chi connectivity index (χ3n) is 3.92. The van der Waals surface area contributed by atoms with Crippen LogP contribution in [0.2, 0.25) is 0 Å². The summed E-state index contributed by atoms with van der Waals surface area (Å²) in [6.45, 7) is 3.48. The van der Waals surface area contributed by atoms with E-state index in [1.54, 1.807) is 37.3 Å². The molecule has 2 rings (SSSR count). The highest BCUT2D eigenvalue weighted by Gasteiger charge is 2.16. The van der Waals surface area contributed by atoms with E-state index in [1.807, 2.05) is 19.1 Å². The van der Waals surface area contributed by atoms with Crippen LogP contribution in [0.15, 0.2) is 48.5 Å². The second-order valence-corrected chi connectivity index (χ2v) is 5.78. The Hall–Kier alpha value is -2.20. The minimum absolute atomic E-state index is 0.130. The van der Waals surface area contributed by atoms with Gasteiger partial charge in [0.25, 0.3) is 0 Å². The van der Waals surface area contributed by atoms with E-state index in [2.05, 4.69) is 5.32 Å². The smallest absolute Gasteiger partial charge is 0.227 e. The molecule has 0 saturated carbocycles. The number of carbonyl (C=O) groups is 1. The predicted octanol–water partition coefficient (Wildman–Crippen LogP) is 4.09. The zero-order chi connectivity index (χ0) is 16.8. The van der Waals surface area contributed by atoms with Gasteiger partial charge in [0.05, 0.1) is 6.10 Å². The van der Waals surface area contributed by atoms with Gasteiger partial charge in [-0.15, -0.1) is 0 Å². The molecule has 4 heteroatoms. The van der Waals surface area contributed by atoms with Crippen molar-refractivity contribution in [2.75, 3.05) is 5.32 Å². The molecule has 0 bridgehead atoms. The lowest BCUT2D eigenvalue weighted by Gasteiger charge is -2.16. The Balaban J connectivity index is 1.97. The zero-order valence-electron chi connectivity index (χ0n) is 13.4. The molecule has 0 spiro atoms. The Bertz CT molecular complexity index is 670. The molecule has 2 unspecified atom stereocenters. The van der Waals surface area contributed by atoms with E-state index in [9.17, 15) is 14.3 Å². The first-order valence-corrected chi connectivity index (χ1v) is 7.80. The van der Waals surface area contributed by atoms with Gasteiger partial charge in [-0.3, -0.25) is 4.79 Å². The van der Waals surface area contributed by atoms with E-state index in [1.165, 1.54) is 6.07 Å². The number of aryl methyl sites for hydroxylation is 1. The number of nitrogens with one attached hydrogen (secondary N) is 1. The van der Waals surface area contributed by atoms with E-state index in [0.717, 1.165) is 0 Å². The number of anilines is 1. The van der Waals surface area contributed by atoms with Gasteiger partial charge in [0.1, 0.15) is 5.82 Å². The van der Waals surface area contributed by atoms with Crippen LogP contribution in [-0.4, -0.2) is 11.0 Å². The Kier molecular flexibility index (Phi) is 5.88. The fourth-order valence-electron chi connectivity index (χ4n) is 2.44. The molecule has 0 saturated heterocycles. The van der Waals surface area contributed by atoms with Gasteiger partial charge in [-0.05, 0) is 37.5 Å². The molecule has 0 aliphatic carbocycles. The molecule has 0 radical (unpaired) electrons. The molecule has 1 amide bonds. The largest absolute Gasteiger partial charge is 0.389 e. The standard InChI is InChI=1S/C19H22FNO2/c1-13(11-12-15-7-3-5-9-17(15)20)19(23)21-18-10-6-4-8-16(18)14(2)22/h3-10,13-14,22H,11-12H2,1-2H3,(H,21,23). The number of aliphatic hydroxyl groups excluding tert-OH is 1. The van der Waals surface area contributed by atoms with E-state index in [0.29, 0.717) is 29.7 Å². The second kappa shape index (κ2) is 7.88. The summed E-state index contributed by atoms with van der Waals surface area (Å²) in [6, 6.07) is 13.8. The molecule has 23 heavy (non-hydrogen) atoms. The number of rotatable bonds is 6. The monoisotopic (exact) mass is 315 g/mol. The van der Waals surface area contributed by atoms with Crippen molar-refractivity contribution in [3.05, 3.63) is 65.5 Å². The molecule has 0 fully saturated rings. The van der Waals surface area contributed by atoms with Crippen molar-refractivity contribution < 1.29 is 14.3 Å². The lowest BCUT2D eigenvalue weighted by atomic mass is 9.99. The van der Waals surface area contributed by atoms with Crippen LogP contribution < -0.4 is 5.32 Å². The fraction of sp³-hybridized carbons (Fsp3) is 0.316. The van der Waals surface area contributed by atoms with Crippen molar-refractivity contribution in [3.8, 4) is 0 Å². The quantitative estimate of drug-likeness (QED) is 0.843. The highest BCUT2D eigenvalue weighted by molar-refractivity contribution is 5.93. The number of hydrogen-bond donors (Lipinski definition) is 2. The van der Waals surface area contributed by atoms with Crippen LogP contribution >= 0.6 is 0 Å². The van der Waals surface area contributed by atoms with E-state index >= 15 is 0 Å². The van der Waals surface area contributed by atoms with Gasteiger partial charge in [0, 0.05) is 17.2 Å². The molecule has 0 aliphatic heterocycles. The molecule has 2 aromatic rings. The molecule has 3 nitrogen and oxygen atoms in total. The maximum Gasteiger partial charge on any atom is 0.227 e. The highest BCUT2D eigenvalue weighted by atomic mass is 19.1. The van der Waals surface area contributed by atoms with Crippen molar-refractivity contribution in [2.24, 2.45) is 5.92 Å². The molecular weight excluding hydrogens is 293 g/mol. The number of carbonyl (C=O) groups excluding carboxylic acids is 1. The topological polar surface area (TPSA) is 49.3 Å². The first-order valence-electron chi connectivity index (χ1n) is 7.80. The Morgan fingerprint density at radius 3 is 2.48 bits per heavy atom. The Morgan fingerprint density at radius 2 is 1.78 bits per heavy atom. The maximum absolute atomic E-state index is 13.6. The van der Waals surface area contributed by atoms with Crippen LogP contribution in [0.5, 0.6) is 0 Å². The van der Waals surface area contributed by atoms with Gasteiger partial charge in [0.15, 0.2) is 0 Å². The van der Waals surface area contributed by atoms with Crippen molar-refractivity contribution in [2.45, 2.75) is 32.8 Å². The minimum atomic E-state index is -0.653. The van der Waals surface area contributed by atoms with Crippen molar-refractivity contribution in [1.29, 1.82) is 0 Å². The summed E-state index contributed by atoms with van der Waals surface area (Å²) in [4.78, 5) is 12.3. The highest BCUT2D eigenvalue weighted by Crippen LogP contribution is 2.23. The van der Waals surface area contributed by atoms with Gasteiger partial charge in [-0.2, -0.15) is 0 Å². The summed E-state index contributed by atoms with van der Waals surface area (Å²) >= 11 is 0. The predicted molar refractivity (Wildman–Crippen MR) is 89.6 cm³/mol. The van der Waals surface area contributed by atoms with Gasteiger partial charge in [-0.25, -0.2) is 4.39 Å². The van der Waals surface area contributed by atoms with Crippen LogP contribution in [0.25, 0.3) is 0 Å². The van der Waals surface area contributed by atoms with Gasteiger partial charge in [-0.1, -0.05) is 43.3 Å². The molecule has 2 N–H and O–H groups in total. The summed E-state index contributed by atoms with van der Waals surface area (Å²) in [7, 11) is 0. The number of hydrogen-bond acceptors (Lipinski definition) is 2. The Morgan fingerprint density at radius 1 is 1.13 bits per heavy atom. The maximum atomic E-state index is 13.6. The normalized spacial score (nSPS) is 13.4. The SMILES string of the molecule is CC(CCc1ccccc1F)C(=O)Nc1ccccc1C(C)O. The number of amides is 1. The van der Waals surface area contributed by atoms with Crippen LogP contribution in [0.1, 0.15) is 37.5 Å². The number of para-hydroxylation sites is 1. The van der Waals surface area contributed by atoms with Gasteiger partial charge >= 0.3 is 0 Å². The second-order valence-electron chi connectivity index (χ2n) is 5.78. The molecule has 0 heterocycles. The number of aliphatic hydroxyl groups is 1. The van der Waals surface area contributed by atoms with Crippen LogP contribution in [0, 0.1) is 11.7 Å². The first-order chi connectivity index (χ1) is 11.0. The van der Waals surface area contributed by atoms with Gasteiger partial charge in [0.2, 0.25) is 5.91 Å². The number of benzene rings is 2. The van der Waals surface area contributed by atoms with Crippen molar-refractivity contribution in [3.63, 3.8) is 0 Å². The summed E-state index contributed by atoms with van der Waals surface area (Å²) in [5.41, 5.74) is 1.92. The molecule has 2 atom stereocenters. The minimum Gasteiger partial charge on any atom is -0.389 e. The molecule has 122 valence electrons. The number of halogens is 1. The fourth-order valence-corrected chi connectivity index (χ4v) is 2.44.